The number of hydrogen-bond acceptors (Lipinski definition) is 5. The maximum absolute atomic E-state index is 13.5. The molecule has 1 aliphatic heterocycles. The van der Waals surface area contributed by atoms with E-state index >= 15 is 0 Å². The van der Waals surface area contributed by atoms with Gasteiger partial charge in [0, 0.05) is 22.8 Å². The molecule has 3 amide bonds. The molecule has 3 N–H and O–H groups in total. The number of hydrogen-bond donors (Lipinski definition) is 3. The van der Waals surface area contributed by atoms with Gasteiger partial charge in [-0.2, -0.15) is 5.10 Å². The number of carbonyl (C=O) groups excluding carboxylic acids is 2. The van der Waals surface area contributed by atoms with Crippen molar-refractivity contribution in [3.05, 3.63) is 124 Å². The fourth-order valence-electron chi connectivity index (χ4n) is 4.52. The first-order valence-corrected chi connectivity index (χ1v) is 14.6. The number of rotatable bonds is 10. The number of nitrogens with zero attached hydrogens (tertiary/aromatic N) is 2. The summed E-state index contributed by atoms with van der Waals surface area (Å²) in [5.41, 5.74) is 6.80. The molecule has 0 atom stereocenters. The van der Waals surface area contributed by atoms with Crippen LogP contribution in [-0.4, -0.2) is 41.0 Å². The monoisotopic (exact) mass is 598 g/mol. The molecule has 8 nitrogen and oxygen atoms in total. The van der Waals surface area contributed by atoms with Crippen molar-refractivity contribution in [3.8, 4) is 0 Å². The molecule has 212 valence electrons. The summed E-state index contributed by atoms with van der Waals surface area (Å²) >= 11 is 7.76. The van der Waals surface area contributed by atoms with Crippen LogP contribution in [0.1, 0.15) is 27.0 Å². The van der Waals surface area contributed by atoms with Crippen molar-refractivity contribution >= 4 is 58.4 Å². The third kappa shape index (κ3) is 6.99. The van der Waals surface area contributed by atoms with Crippen LogP contribution >= 0.6 is 23.4 Å². The van der Waals surface area contributed by atoms with Crippen molar-refractivity contribution in [2.45, 2.75) is 17.7 Å². The van der Waals surface area contributed by atoms with Gasteiger partial charge in [-0.1, -0.05) is 66.2 Å². The summed E-state index contributed by atoms with van der Waals surface area (Å²) in [6.07, 6.45) is 1.41. The number of fused-ring (bicyclic) bond motifs is 1. The fraction of sp³-hybridized carbons (Fsp3) is 0.125. The fourth-order valence-corrected chi connectivity index (χ4v) is 5.64. The van der Waals surface area contributed by atoms with E-state index < -0.39 is 12.0 Å². The summed E-state index contributed by atoms with van der Waals surface area (Å²) in [6.45, 7) is 0.458. The predicted molar refractivity (Wildman–Crippen MR) is 167 cm³/mol. The molecule has 0 aliphatic carbocycles. The number of anilines is 2. The number of benzene rings is 4. The zero-order valence-corrected chi connectivity index (χ0v) is 24.0. The average molecular weight is 599 g/mol. The molecule has 0 bridgehead atoms. The Bertz CT molecular complexity index is 1640. The summed E-state index contributed by atoms with van der Waals surface area (Å²) in [5, 5.41) is 16.4. The second-order valence-corrected chi connectivity index (χ2v) is 11.1. The molecular formula is C32H27ClN4O4S. The molecule has 0 unspecified atom stereocenters. The number of aromatic carboxylic acids is 1. The highest BCUT2D eigenvalue weighted by Crippen LogP contribution is 2.33. The Morgan fingerprint density at radius 3 is 2.33 bits per heavy atom. The van der Waals surface area contributed by atoms with E-state index in [1.807, 2.05) is 60.7 Å². The number of carbonyl (C=O) groups is 3. The number of para-hydroxylation sites is 1. The molecule has 0 saturated carbocycles. The number of aryl methyl sites for hydroxylation is 1. The van der Waals surface area contributed by atoms with E-state index in [1.54, 1.807) is 53.1 Å². The zero-order valence-electron chi connectivity index (χ0n) is 22.4. The van der Waals surface area contributed by atoms with E-state index in [-0.39, 0.29) is 17.2 Å². The van der Waals surface area contributed by atoms with Crippen LogP contribution in [0.3, 0.4) is 0 Å². The zero-order chi connectivity index (χ0) is 29.5. The van der Waals surface area contributed by atoms with E-state index in [4.69, 9.17) is 16.7 Å². The van der Waals surface area contributed by atoms with Crippen LogP contribution < -0.4 is 15.6 Å². The molecule has 4 aromatic rings. The summed E-state index contributed by atoms with van der Waals surface area (Å²) < 4.78 is 0. The molecule has 10 heteroatoms. The van der Waals surface area contributed by atoms with Crippen molar-refractivity contribution in [2.24, 2.45) is 5.10 Å². The van der Waals surface area contributed by atoms with E-state index in [2.05, 4.69) is 15.8 Å². The Labute approximate surface area is 252 Å². The maximum atomic E-state index is 13.5. The molecule has 0 radical (unpaired) electrons. The van der Waals surface area contributed by atoms with Gasteiger partial charge in [0.1, 0.15) is 0 Å². The minimum atomic E-state index is -0.949. The van der Waals surface area contributed by atoms with Crippen molar-refractivity contribution < 1.29 is 19.5 Å². The molecule has 1 heterocycles. The van der Waals surface area contributed by atoms with Crippen molar-refractivity contribution in [1.82, 2.24) is 5.43 Å². The highest BCUT2D eigenvalue weighted by molar-refractivity contribution is 7.99. The largest absolute Gasteiger partial charge is 0.478 e. The van der Waals surface area contributed by atoms with Gasteiger partial charge in [0.15, 0.2) is 5.71 Å². The maximum Gasteiger partial charge on any atom is 0.339 e. The van der Waals surface area contributed by atoms with Crippen molar-refractivity contribution in [2.75, 3.05) is 22.5 Å². The van der Waals surface area contributed by atoms with Gasteiger partial charge in [0.05, 0.1) is 22.0 Å². The number of carboxylic acid groups (broad SMARTS) is 1. The Morgan fingerprint density at radius 2 is 1.60 bits per heavy atom. The average Bonchev–Trinajstić information content (AvgIpc) is 3.26. The van der Waals surface area contributed by atoms with Crippen LogP contribution in [0.2, 0.25) is 5.02 Å². The lowest BCUT2D eigenvalue weighted by Crippen LogP contribution is -2.34. The first-order valence-electron chi connectivity index (χ1n) is 13.2. The molecule has 1 aliphatic rings. The van der Waals surface area contributed by atoms with Gasteiger partial charge in [-0.15, -0.1) is 11.8 Å². The Balaban J connectivity index is 1.32. The third-order valence-electron chi connectivity index (χ3n) is 6.68. The SMILES string of the molecule is O=C(NN=C1C(=O)N(CCc2ccccc2)c2ccc(SCCc3ccc(C(=O)O)cc3)cc21)Nc1ccccc1Cl. The Hall–Kier alpha value is -4.60. The first-order chi connectivity index (χ1) is 20.4. The van der Waals surface area contributed by atoms with Gasteiger partial charge in [-0.25, -0.2) is 15.0 Å². The highest BCUT2D eigenvalue weighted by atomic mass is 35.5. The van der Waals surface area contributed by atoms with Gasteiger partial charge < -0.3 is 15.3 Å². The molecule has 42 heavy (non-hydrogen) atoms. The van der Waals surface area contributed by atoms with Crippen LogP contribution in [0.15, 0.2) is 107 Å². The number of nitrogens with one attached hydrogen (secondary N) is 2. The number of urea groups is 1. The molecule has 0 spiro atoms. The Morgan fingerprint density at radius 1 is 0.881 bits per heavy atom. The lowest BCUT2D eigenvalue weighted by molar-refractivity contribution is -0.112. The van der Waals surface area contributed by atoms with Crippen LogP contribution in [0.5, 0.6) is 0 Å². The number of carboxylic acids is 1. The topological polar surface area (TPSA) is 111 Å². The number of thioether (sulfide) groups is 1. The van der Waals surface area contributed by atoms with Gasteiger partial charge in [-0.3, -0.25) is 4.79 Å². The van der Waals surface area contributed by atoms with E-state index in [0.29, 0.717) is 29.2 Å². The van der Waals surface area contributed by atoms with Crippen LogP contribution in [0, 0.1) is 0 Å². The van der Waals surface area contributed by atoms with Crippen LogP contribution in [-0.2, 0) is 17.6 Å². The van der Waals surface area contributed by atoms with E-state index in [1.165, 1.54) is 0 Å². The van der Waals surface area contributed by atoms with Gasteiger partial charge in [0.2, 0.25) is 0 Å². The van der Waals surface area contributed by atoms with Gasteiger partial charge >= 0.3 is 12.0 Å². The standard InChI is InChI=1S/C32H27ClN4O4S/c33-26-8-4-5-9-27(26)34-32(41)36-35-29-25-20-24(42-19-17-22-10-12-23(13-11-22)31(39)40)14-15-28(25)37(30(29)38)18-16-21-6-2-1-3-7-21/h1-15,20H,16-19H2,(H,39,40)(H2,34,36,41). The predicted octanol–water partition coefficient (Wildman–Crippen LogP) is 6.49. The quantitative estimate of drug-likeness (QED) is 0.143. The first kappa shape index (κ1) is 28.9. The summed E-state index contributed by atoms with van der Waals surface area (Å²) in [7, 11) is 0. The van der Waals surface area contributed by atoms with Crippen molar-refractivity contribution in [3.63, 3.8) is 0 Å². The van der Waals surface area contributed by atoms with Crippen molar-refractivity contribution in [1.29, 1.82) is 0 Å². The Kier molecular flexibility index (Phi) is 9.21. The third-order valence-corrected chi connectivity index (χ3v) is 8.01. The summed E-state index contributed by atoms with van der Waals surface area (Å²) in [5.74, 6) is -0.489. The molecule has 0 fully saturated rings. The molecule has 0 saturated heterocycles. The van der Waals surface area contributed by atoms with Gasteiger partial charge in [0.25, 0.3) is 5.91 Å². The minimum absolute atomic E-state index is 0.152. The second-order valence-electron chi connectivity index (χ2n) is 9.48. The van der Waals surface area contributed by atoms with Gasteiger partial charge in [-0.05, 0) is 66.4 Å². The smallest absolute Gasteiger partial charge is 0.339 e. The summed E-state index contributed by atoms with van der Waals surface area (Å²) in [4.78, 5) is 39.9. The molecular weight excluding hydrogens is 572 g/mol. The number of hydrazone groups is 1. The second kappa shape index (κ2) is 13.4. The normalized spacial score (nSPS) is 13.2. The number of halogens is 1. The molecule has 5 rings (SSSR count). The van der Waals surface area contributed by atoms with E-state index in [9.17, 15) is 14.4 Å². The minimum Gasteiger partial charge on any atom is -0.478 e. The summed E-state index contributed by atoms with van der Waals surface area (Å²) in [6, 6.07) is 28.8. The lowest BCUT2D eigenvalue weighted by atomic mass is 10.1. The van der Waals surface area contributed by atoms with E-state index in [0.717, 1.165) is 33.9 Å². The van der Waals surface area contributed by atoms with Crippen LogP contribution in [0.4, 0.5) is 16.2 Å². The van der Waals surface area contributed by atoms with Crippen LogP contribution in [0.25, 0.3) is 0 Å². The lowest BCUT2D eigenvalue weighted by Gasteiger charge is -2.17. The molecule has 0 aromatic heterocycles. The number of amides is 3. The molecule has 4 aromatic carbocycles. The highest BCUT2D eigenvalue weighted by Gasteiger charge is 2.34.